The van der Waals surface area contributed by atoms with Gasteiger partial charge in [-0.15, -0.1) is 0 Å². The summed E-state index contributed by atoms with van der Waals surface area (Å²) in [6.45, 7) is 1.12. The molecule has 0 fully saturated rings. The van der Waals surface area contributed by atoms with E-state index in [1.807, 2.05) is 48.5 Å². The molecule has 2 nitrogen and oxygen atoms in total. The van der Waals surface area contributed by atoms with Crippen LogP contribution in [0.4, 0.5) is 0 Å². The molecule has 5 heteroatoms. The Morgan fingerprint density at radius 3 is 2.38 bits per heavy atom. The first kappa shape index (κ1) is 17.4. The zero-order valence-electron chi connectivity index (χ0n) is 12.8. The average molecular weight is 426 g/mol. The summed E-state index contributed by atoms with van der Waals surface area (Å²) in [5.41, 5.74) is 1.07. The highest BCUT2D eigenvalue weighted by Crippen LogP contribution is 2.35. The van der Waals surface area contributed by atoms with Gasteiger partial charge in [0.1, 0.15) is 18.1 Å². The molecule has 0 atom stereocenters. The molecule has 0 radical (unpaired) electrons. The zero-order chi connectivity index (χ0) is 16.9. The van der Waals surface area contributed by atoms with E-state index in [0.29, 0.717) is 23.3 Å². The molecule has 0 bridgehead atoms. The highest BCUT2D eigenvalue weighted by molar-refractivity contribution is 9.09. The normalized spacial score (nSPS) is 10.8. The van der Waals surface area contributed by atoms with Gasteiger partial charge in [-0.2, -0.15) is 0 Å². The lowest BCUT2D eigenvalue weighted by Gasteiger charge is -2.11. The smallest absolute Gasteiger partial charge is 0.127 e. The Labute approximate surface area is 159 Å². The first-order valence-corrected chi connectivity index (χ1v) is 9.34. The zero-order valence-corrected chi connectivity index (χ0v) is 15.9. The maximum atomic E-state index is 6.27. The van der Waals surface area contributed by atoms with Crippen molar-refractivity contribution in [1.82, 2.24) is 0 Å². The first-order chi connectivity index (χ1) is 11.7. The summed E-state index contributed by atoms with van der Waals surface area (Å²) >= 11 is 15.7. The topological polar surface area (TPSA) is 18.5 Å². The molecule has 0 aliphatic rings. The number of ether oxygens (including phenoxy) is 2. The largest absolute Gasteiger partial charge is 0.493 e. The van der Waals surface area contributed by atoms with E-state index in [2.05, 4.69) is 15.9 Å². The molecule has 124 valence electrons. The lowest BCUT2D eigenvalue weighted by Crippen LogP contribution is -1.99. The molecular formula is C19H15BrCl2O2. The molecule has 0 amide bonds. The van der Waals surface area contributed by atoms with Gasteiger partial charge in [0.05, 0.1) is 16.7 Å². The van der Waals surface area contributed by atoms with Crippen molar-refractivity contribution in [3.05, 3.63) is 70.2 Å². The Kier molecular flexibility index (Phi) is 5.88. The van der Waals surface area contributed by atoms with Crippen molar-refractivity contribution in [2.45, 2.75) is 6.61 Å². The Hall–Kier alpha value is -1.42. The van der Waals surface area contributed by atoms with Crippen LogP contribution < -0.4 is 9.47 Å². The van der Waals surface area contributed by atoms with Gasteiger partial charge in [-0.25, -0.2) is 0 Å². The fourth-order valence-electron chi connectivity index (χ4n) is 2.39. The standard InChI is InChI=1S/C19H15BrCl2O2/c20-10-11-23-14-6-4-13(5-7-14)12-24-18-3-1-2-16-15(18)8-9-17(21)19(16)22/h1-9H,10-12H2. The summed E-state index contributed by atoms with van der Waals surface area (Å²) in [6.07, 6.45) is 0. The van der Waals surface area contributed by atoms with Crippen LogP contribution in [0.15, 0.2) is 54.6 Å². The van der Waals surface area contributed by atoms with Gasteiger partial charge in [0, 0.05) is 16.1 Å². The Morgan fingerprint density at radius 2 is 1.62 bits per heavy atom. The van der Waals surface area contributed by atoms with E-state index in [4.69, 9.17) is 32.7 Å². The summed E-state index contributed by atoms with van der Waals surface area (Å²) in [4.78, 5) is 0. The fourth-order valence-corrected chi connectivity index (χ4v) is 2.95. The summed E-state index contributed by atoms with van der Waals surface area (Å²) in [5.74, 6) is 1.63. The van der Waals surface area contributed by atoms with Gasteiger partial charge in [0.25, 0.3) is 0 Å². The number of hydrogen-bond donors (Lipinski definition) is 0. The third-order valence-electron chi connectivity index (χ3n) is 3.57. The Morgan fingerprint density at radius 1 is 0.833 bits per heavy atom. The third kappa shape index (κ3) is 3.97. The van der Waals surface area contributed by atoms with Crippen LogP contribution in [0.1, 0.15) is 5.56 Å². The van der Waals surface area contributed by atoms with E-state index in [0.717, 1.165) is 33.2 Å². The SMILES string of the molecule is Clc1ccc2c(OCc3ccc(OCCBr)cc3)cccc2c1Cl. The molecule has 0 spiro atoms. The summed E-state index contributed by atoms with van der Waals surface area (Å²) in [6, 6.07) is 17.4. The molecular weight excluding hydrogens is 411 g/mol. The highest BCUT2D eigenvalue weighted by atomic mass is 79.9. The molecule has 3 aromatic rings. The van der Waals surface area contributed by atoms with Crippen molar-refractivity contribution in [2.75, 3.05) is 11.9 Å². The minimum absolute atomic E-state index is 0.470. The number of hydrogen-bond acceptors (Lipinski definition) is 2. The summed E-state index contributed by atoms with van der Waals surface area (Å²) in [7, 11) is 0. The average Bonchev–Trinajstić information content (AvgIpc) is 2.62. The molecule has 0 unspecified atom stereocenters. The monoisotopic (exact) mass is 424 g/mol. The van der Waals surface area contributed by atoms with Crippen molar-refractivity contribution in [2.24, 2.45) is 0 Å². The lowest BCUT2D eigenvalue weighted by molar-refractivity contribution is 0.309. The van der Waals surface area contributed by atoms with Gasteiger partial charge < -0.3 is 9.47 Å². The highest BCUT2D eigenvalue weighted by Gasteiger charge is 2.08. The Balaban J connectivity index is 1.75. The van der Waals surface area contributed by atoms with E-state index in [9.17, 15) is 0 Å². The number of rotatable bonds is 6. The molecule has 0 aliphatic heterocycles. The van der Waals surface area contributed by atoms with E-state index in [-0.39, 0.29) is 0 Å². The van der Waals surface area contributed by atoms with Crippen LogP contribution in [0.25, 0.3) is 10.8 Å². The molecule has 24 heavy (non-hydrogen) atoms. The quantitative estimate of drug-likeness (QED) is 0.419. The number of fused-ring (bicyclic) bond motifs is 1. The van der Waals surface area contributed by atoms with Crippen molar-refractivity contribution >= 4 is 49.9 Å². The Bertz CT molecular complexity index is 835. The minimum atomic E-state index is 0.470. The van der Waals surface area contributed by atoms with Crippen LogP contribution in [0.5, 0.6) is 11.5 Å². The molecule has 0 N–H and O–H groups in total. The van der Waals surface area contributed by atoms with Crippen LogP contribution >= 0.6 is 39.1 Å². The fraction of sp³-hybridized carbons (Fsp3) is 0.158. The molecule has 0 aliphatic carbocycles. The van der Waals surface area contributed by atoms with Gasteiger partial charge in [-0.05, 0) is 35.9 Å². The van der Waals surface area contributed by atoms with E-state index in [1.54, 1.807) is 6.07 Å². The van der Waals surface area contributed by atoms with Crippen molar-refractivity contribution in [3.63, 3.8) is 0 Å². The van der Waals surface area contributed by atoms with E-state index >= 15 is 0 Å². The number of halogens is 3. The second-order valence-corrected chi connectivity index (χ2v) is 6.76. The predicted octanol–water partition coefficient (Wildman–Crippen LogP) is 6.50. The lowest BCUT2D eigenvalue weighted by atomic mass is 10.1. The molecule has 0 aromatic heterocycles. The van der Waals surface area contributed by atoms with E-state index in [1.165, 1.54) is 0 Å². The maximum absolute atomic E-state index is 6.27. The molecule has 3 rings (SSSR count). The number of benzene rings is 3. The second-order valence-electron chi connectivity index (χ2n) is 5.18. The van der Waals surface area contributed by atoms with Crippen LogP contribution in [-0.4, -0.2) is 11.9 Å². The van der Waals surface area contributed by atoms with Gasteiger partial charge in [-0.3, -0.25) is 0 Å². The van der Waals surface area contributed by atoms with Gasteiger partial charge in [0.2, 0.25) is 0 Å². The van der Waals surface area contributed by atoms with Crippen molar-refractivity contribution < 1.29 is 9.47 Å². The predicted molar refractivity (Wildman–Crippen MR) is 104 cm³/mol. The second kappa shape index (κ2) is 8.11. The van der Waals surface area contributed by atoms with Crippen molar-refractivity contribution in [1.29, 1.82) is 0 Å². The van der Waals surface area contributed by atoms with Crippen LogP contribution in [0.2, 0.25) is 10.0 Å². The van der Waals surface area contributed by atoms with Gasteiger partial charge in [-0.1, -0.05) is 63.4 Å². The van der Waals surface area contributed by atoms with Crippen LogP contribution in [-0.2, 0) is 6.61 Å². The van der Waals surface area contributed by atoms with E-state index < -0.39 is 0 Å². The minimum Gasteiger partial charge on any atom is -0.493 e. The summed E-state index contributed by atoms with van der Waals surface area (Å²) < 4.78 is 11.5. The molecule has 0 saturated heterocycles. The van der Waals surface area contributed by atoms with Crippen LogP contribution in [0.3, 0.4) is 0 Å². The van der Waals surface area contributed by atoms with Gasteiger partial charge >= 0.3 is 0 Å². The summed E-state index contributed by atoms with van der Waals surface area (Å²) in [5, 5.41) is 3.74. The molecule has 3 aromatic carbocycles. The maximum Gasteiger partial charge on any atom is 0.127 e. The molecule has 0 heterocycles. The van der Waals surface area contributed by atoms with Crippen LogP contribution in [0, 0.1) is 0 Å². The number of alkyl halides is 1. The van der Waals surface area contributed by atoms with Gasteiger partial charge in [0.15, 0.2) is 0 Å². The molecule has 0 saturated carbocycles. The van der Waals surface area contributed by atoms with Crippen molar-refractivity contribution in [3.8, 4) is 11.5 Å². The first-order valence-electron chi connectivity index (χ1n) is 7.46. The third-order valence-corrected chi connectivity index (χ3v) is 4.71.